The molecule has 1 aliphatic heterocycles. The second-order valence-corrected chi connectivity index (χ2v) is 13.3. The minimum Gasteiger partial charge on any atom is -0.393 e. The minimum absolute atomic E-state index is 0.0299. The van der Waals surface area contributed by atoms with Crippen LogP contribution < -0.4 is 5.73 Å². The van der Waals surface area contributed by atoms with Crippen LogP contribution in [0.15, 0.2) is 0 Å². The predicted molar refractivity (Wildman–Crippen MR) is 120 cm³/mol. The van der Waals surface area contributed by atoms with Gasteiger partial charge in [0.2, 0.25) is 0 Å². The number of fused-ring (bicyclic) bond motifs is 9. The number of hydrogen-bond donors (Lipinski definition) is 2. The van der Waals surface area contributed by atoms with Crippen molar-refractivity contribution in [3.8, 4) is 0 Å². The summed E-state index contributed by atoms with van der Waals surface area (Å²) in [6.45, 7) is 8.40. The van der Waals surface area contributed by atoms with E-state index in [0.717, 1.165) is 54.9 Å². The van der Waals surface area contributed by atoms with Gasteiger partial charge in [-0.25, -0.2) is 0 Å². The molecule has 6 fully saturated rings. The highest BCUT2D eigenvalue weighted by Gasteiger charge is 2.75. The molecule has 6 rings (SSSR count). The van der Waals surface area contributed by atoms with Gasteiger partial charge in [0.1, 0.15) is 0 Å². The van der Waals surface area contributed by atoms with Gasteiger partial charge in [-0.15, -0.1) is 0 Å². The molecule has 0 radical (unpaired) electrons. The van der Waals surface area contributed by atoms with E-state index in [1.165, 1.54) is 57.8 Å². The lowest BCUT2D eigenvalue weighted by Crippen LogP contribution is -2.54. The maximum Gasteiger partial charge on any atom is 0.0723 e. The van der Waals surface area contributed by atoms with Gasteiger partial charge in [0.25, 0.3) is 0 Å². The molecule has 3 unspecified atom stereocenters. The molecule has 1 saturated heterocycles. The van der Waals surface area contributed by atoms with E-state index in [-0.39, 0.29) is 11.7 Å². The molecule has 0 aromatic heterocycles. The van der Waals surface area contributed by atoms with Crippen LogP contribution in [0.25, 0.3) is 0 Å². The van der Waals surface area contributed by atoms with Crippen molar-refractivity contribution >= 4 is 0 Å². The van der Waals surface area contributed by atoms with Crippen molar-refractivity contribution in [3.63, 3.8) is 0 Å². The van der Waals surface area contributed by atoms with Crippen LogP contribution in [0.1, 0.15) is 91.4 Å². The van der Waals surface area contributed by atoms with E-state index in [0.29, 0.717) is 22.9 Å². The fraction of sp³-hybridized carbons (Fsp3) is 1.00. The molecule has 3 N–H and O–H groups in total. The average molecular weight is 416 g/mol. The number of aliphatic hydroxyl groups excluding tert-OH is 1. The SMILES string of the molecule is C[C@H](CN)CC[C@@]12CC1C1C(C[C@H]3[C@@H]4CC[C@H]5C[C@@H](O)CC[C@]5(C)[C@H]4CC[C@]13C)O2. The first-order chi connectivity index (χ1) is 14.3. The lowest BCUT2D eigenvalue weighted by Gasteiger charge is -2.61. The normalized spacial score (nSPS) is 59.5. The zero-order chi connectivity index (χ0) is 20.9. The molecule has 30 heavy (non-hydrogen) atoms. The van der Waals surface area contributed by atoms with Crippen molar-refractivity contribution in [2.24, 2.45) is 58.0 Å². The molecule has 0 amide bonds. The van der Waals surface area contributed by atoms with Crippen LogP contribution in [-0.2, 0) is 4.74 Å². The van der Waals surface area contributed by atoms with Gasteiger partial charge in [0.15, 0.2) is 0 Å². The average Bonchev–Trinajstić information content (AvgIpc) is 3.18. The first kappa shape index (κ1) is 20.5. The fourth-order valence-electron chi connectivity index (χ4n) is 10.3. The van der Waals surface area contributed by atoms with Crippen LogP contribution in [0.4, 0.5) is 0 Å². The summed E-state index contributed by atoms with van der Waals surface area (Å²) in [5, 5.41) is 10.3. The van der Waals surface area contributed by atoms with Gasteiger partial charge in [-0.05, 0) is 129 Å². The minimum atomic E-state index is -0.0299. The van der Waals surface area contributed by atoms with Crippen LogP contribution in [0.5, 0.6) is 0 Å². The second kappa shape index (κ2) is 6.70. The molecule has 12 atom stereocenters. The molecular weight excluding hydrogens is 370 g/mol. The van der Waals surface area contributed by atoms with Crippen molar-refractivity contribution in [2.45, 2.75) is 109 Å². The van der Waals surface area contributed by atoms with Gasteiger partial charge in [-0.3, -0.25) is 0 Å². The maximum atomic E-state index is 10.3. The van der Waals surface area contributed by atoms with Crippen LogP contribution in [-0.4, -0.2) is 29.5 Å². The van der Waals surface area contributed by atoms with Crippen LogP contribution >= 0.6 is 0 Å². The Hall–Kier alpha value is -0.120. The van der Waals surface area contributed by atoms with E-state index in [1.54, 1.807) is 0 Å². The van der Waals surface area contributed by atoms with Gasteiger partial charge in [-0.1, -0.05) is 20.8 Å². The summed E-state index contributed by atoms with van der Waals surface area (Å²) in [5.74, 6) is 5.77. The van der Waals surface area contributed by atoms with Crippen molar-refractivity contribution in [3.05, 3.63) is 0 Å². The zero-order valence-corrected chi connectivity index (χ0v) is 19.6. The highest BCUT2D eigenvalue weighted by molar-refractivity contribution is 5.23. The molecule has 3 nitrogen and oxygen atoms in total. The molecule has 170 valence electrons. The highest BCUT2D eigenvalue weighted by atomic mass is 16.5. The third-order valence-corrected chi connectivity index (χ3v) is 12.1. The summed E-state index contributed by atoms with van der Waals surface area (Å²) >= 11 is 0. The first-order valence-corrected chi connectivity index (χ1v) is 13.4. The molecule has 3 heteroatoms. The number of nitrogens with two attached hydrogens (primary N) is 1. The molecular formula is C27H45NO2. The van der Waals surface area contributed by atoms with E-state index in [1.807, 2.05) is 0 Å². The Morgan fingerprint density at radius 3 is 2.60 bits per heavy atom. The Bertz CT molecular complexity index is 696. The monoisotopic (exact) mass is 415 g/mol. The number of rotatable bonds is 4. The maximum absolute atomic E-state index is 10.3. The molecule has 0 bridgehead atoms. The lowest BCUT2D eigenvalue weighted by molar-refractivity contribution is -0.127. The lowest BCUT2D eigenvalue weighted by atomic mass is 9.44. The van der Waals surface area contributed by atoms with Crippen LogP contribution in [0.2, 0.25) is 0 Å². The molecule has 1 heterocycles. The Balaban J connectivity index is 1.20. The topological polar surface area (TPSA) is 55.5 Å². The summed E-state index contributed by atoms with van der Waals surface area (Å²) in [7, 11) is 0. The summed E-state index contributed by atoms with van der Waals surface area (Å²) in [6, 6.07) is 0. The van der Waals surface area contributed by atoms with Crippen molar-refractivity contribution in [1.29, 1.82) is 0 Å². The molecule has 5 saturated carbocycles. The van der Waals surface area contributed by atoms with Gasteiger partial charge < -0.3 is 15.6 Å². The molecule has 0 aromatic carbocycles. The molecule has 0 spiro atoms. The summed E-state index contributed by atoms with van der Waals surface area (Å²) < 4.78 is 6.95. The highest BCUT2D eigenvalue weighted by Crippen LogP contribution is 2.76. The van der Waals surface area contributed by atoms with E-state index >= 15 is 0 Å². The molecule has 5 aliphatic carbocycles. The van der Waals surface area contributed by atoms with E-state index in [4.69, 9.17) is 10.5 Å². The molecule has 6 aliphatic rings. The molecule has 0 aromatic rings. The largest absolute Gasteiger partial charge is 0.393 e. The van der Waals surface area contributed by atoms with E-state index < -0.39 is 0 Å². The van der Waals surface area contributed by atoms with Crippen molar-refractivity contribution in [2.75, 3.05) is 6.54 Å². The summed E-state index contributed by atoms with van der Waals surface area (Å²) in [6.07, 6.45) is 14.7. The Morgan fingerprint density at radius 1 is 1.00 bits per heavy atom. The summed E-state index contributed by atoms with van der Waals surface area (Å²) in [5.41, 5.74) is 7.14. The van der Waals surface area contributed by atoms with Crippen molar-refractivity contribution < 1.29 is 9.84 Å². The standard InChI is InChI=1S/C27H45NO2/c1-16(15-28)6-11-27-14-22(27)24-23(30-27)13-21-19-5-4-17-12-18(29)7-9-25(17,2)20(19)8-10-26(21,24)3/h16-24,29H,4-15,28H2,1-3H3/t16-,17-,18-,19+,20-,21-,22?,23?,24?,25-,26-,27+/m0/s1. The third-order valence-electron chi connectivity index (χ3n) is 12.1. The number of hydrogen-bond acceptors (Lipinski definition) is 3. The smallest absolute Gasteiger partial charge is 0.0723 e. The Labute approximate surface area is 183 Å². The Morgan fingerprint density at radius 2 is 1.80 bits per heavy atom. The first-order valence-electron chi connectivity index (χ1n) is 13.4. The predicted octanol–water partition coefficient (Wildman–Crippen LogP) is 5.15. The van der Waals surface area contributed by atoms with Gasteiger partial charge in [-0.2, -0.15) is 0 Å². The van der Waals surface area contributed by atoms with Crippen molar-refractivity contribution in [1.82, 2.24) is 0 Å². The quantitative estimate of drug-likeness (QED) is 0.668. The van der Waals surface area contributed by atoms with E-state index in [9.17, 15) is 5.11 Å². The summed E-state index contributed by atoms with van der Waals surface area (Å²) in [4.78, 5) is 0. The van der Waals surface area contributed by atoms with Gasteiger partial charge in [0, 0.05) is 0 Å². The Kier molecular flexibility index (Phi) is 4.58. The second-order valence-electron chi connectivity index (χ2n) is 13.3. The van der Waals surface area contributed by atoms with Gasteiger partial charge >= 0.3 is 0 Å². The van der Waals surface area contributed by atoms with Gasteiger partial charge in [0.05, 0.1) is 17.8 Å². The zero-order valence-electron chi connectivity index (χ0n) is 19.6. The van der Waals surface area contributed by atoms with Crippen LogP contribution in [0, 0.1) is 52.3 Å². The van der Waals surface area contributed by atoms with E-state index in [2.05, 4.69) is 20.8 Å². The van der Waals surface area contributed by atoms with Crippen LogP contribution in [0.3, 0.4) is 0 Å². The third kappa shape index (κ3) is 2.67. The number of ether oxygens (including phenoxy) is 1. The number of aliphatic hydroxyl groups is 1. The fourth-order valence-corrected chi connectivity index (χ4v) is 10.3.